The van der Waals surface area contributed by atoms with Crippen molar-refractivity contribution in [2.45, 2.75) is 25.9 Å². The zero-order valence-corrected chi connectivity index (χ0v) is 21.6. The second kappa shape index (κ2) is 9.24. The summed E-state index contributed by atoms with van der Waals surface area (Å²) in [6, 6.07) is 24.3. The third kappa shape index (κ3) is 3.79. The number of nitrogens with one attached hydrogen (secondary N) is 1. The Kier molecular flexibility index (Phi) is 6.15. The summed E-state index contributed by atoms with van der Waals surface area (Å²) < 4.78 is 9.06. The molecule has 4 aromatic rings. The number of methoxy groups -OCH3 is 1. The minimum Gasteiger partial charge on any atom is -0.495 e. The van der Waals surface area contributed by atoms with Crippen LogP contribution in [-0.2, 0) is 0 Å². The van der Waals surface area contributed by atoms with Gasteiger partial charge in [0.15, 0.2) is 5.11 Å². The molecule has 0 bridgehead atoms. The van der Waals surface area contributed by atoms with Crippen LogP contribution in [0.4, 0.5) is 5.69 Å². The Bertz CT molecular complexity index is 1350. The van der Waals surface area contributed by atoms with Gasteiger partial charge < -0.3 is 19.5 Å². The van der Waals surface area contributed by atoms with Gasteiger partial charge in [-0.05, 0) is 90.0 Å². The van der Waals surface area contributed by atoms with E-state index in [9.17, 15) is 0 Å². The van der Waals surface area contributed by atoms with Crippen LogP contribution in [0.5, 0.6) is 5.75 Å². The van der Waals surface area contributed by atoms with Crippen molar-refractivity contribution >= 4 is 38.9 Å². The predicted molar refractivity (Wildman–Crippen MR) is 144 cm³/mol. The molecule has 0 amide bonds. The van der Waals surface area contributed by atoms with E-state index < -0.39 is 0 Å². The first-order valence-electron chi connectivity index (χ1n) is 11.1. The SMILES string of the molecule is COc1ccccc1N1C(=S)N[C@@H](c2ccccn2)[C@H]1c1cc(C)n(-c2ccccc2Br)c1C. The Balaban J connectivity index is 1.72. The Morgan fingerprint density at radius 3 is 2.38 bits per heavy atom. The van der Waals surface area contributed by atoms with Crippen molar-refractivity contribution in [1.29, 1.82) is 0 Å². The highest BCUT2D eigenvalue weighted by Crippen LogP contribution is 2.46. The van der Waals surface area contributed by atoms with Crippen LogP contribution in [0.25, 0.3) is 5.69 Å². The summed E-state index contributed by atoms with van der Waals surface area (Å²) >= 11 is 9.63. The molecule has 0 spiro atoms. The van der Waals surface area contributed by atoms with Gasteiger partial charge in [-0.15, -0.1) is 0 Å². The summed E-state index contributed by atoms with van der Waals surface area (Å²) in [5.74, 6) is 0.776. The van der Waals surface area contributed by atoms with E-state index in [0.717, 1.165) is 38.7 Å². The van der Waals surface area contributed by atoms with Crippen molar-refractivity contribution in [3.05, 3.63) is 106 Å². The highest BCUT2D eigenvalue weighted by molar-refractivity contribution is 9.10. The number of anilines is 1. The lowest BCUT2D eigenvalue weighted by molar-refractivity contribution is 0.414. The van der Waals surface area contributed by atoms with Crippen molar-refractivity contribution in [2.24, 2.45) is 0 Å². The molecule has 0 aliphatic carbocycles. The first kappa shape index (κ1) is 22.6. The van der Waals surface area contributed by atoms with Crippen molar-refractivity contribution in [1.82, 2.24) is 14.9 Å². The van der Waals surface area contributed by atoms with E-state index in [0.29, 0.717) is 5.11 Å². The van der Waals surface area contributed by atoms with Gasteiger partial charge in [0.2, 0.25) is 0 Å². The van der Waals surface area contributed by atoms with Crippen molar-refractivity contribution in [3.8, 4) is 11.4 Å². The van der Waals surface area contributed by atoms with Crippen LogP contribution in [0.3, 0.4) is 0 Å². The zero-order valence-electron chi connectivity index (χ0n) is 19.2. The van der Waals surface area contributed by atoms with Gasteiger partial charge in [0.1, 0.15) is 5.75 Å². The lowest BCUT2D eigenvalue weighted by atomic mass is 9.96. The van der Waals surface area contributed by atoms with Gasteiger partial charge in [-0.1, -0.05) is 30.3 Å². The summed E-state index contributed by atoms with van der Waals surface area (Å²) in [6.45, 7) is 4.30. The zero-order chi connectivity index (χ0) is 23.8. The van der Waals surface area contributed by atoms with Gasteiger partial charge >= 0.3 is 0 Å². The van der Waals surface area contributed by atoms with Crippen LogP contribution in [0.1, 0.15) is 34.7 Å². The van der Waals surface area contributed by atoms with E-state index in [4.69, 9.17) is 17.0 Å². The number of nitrogens with zero attached hydrogens (tertiary/aromatic N) is 3. The molecule has 5 nitrogen and oxygen atoms in total. The number of thiocarbonyl (C=S) groups is 1. The van der Waals surface area contributed by atoms with Gasteiger partial charge in [0.25, 0.3) is 0 Å². The van der Waals surface area contributed by atoms with E-state index >= 15 is 0 Å². The van der Waals surface area contributed by atoms with Crippen LogP contribution >= 0.6 is 28.1 Å². The molecule has 1 saturated heterocycles. The van der Waals surface area contributed by atoms with Crippen molar-refractivity contribution in [2.75, 3.05) is 12.0 Å². The standard InChI is InChI=1S/C27H25BrN4OS/c1-17-16-19(18(2)31(17)22-12-5-4-10-20(22)28)26-25(21-11-8-9-15-29-21)30-27(34)32(26)23-13-6-7-14-24(23)33-3/h4-16,25-26H,1-3H3,(H,30,34)/t25-,26+/m0/s1. The fourth-order valence-electron chi connectivity index (χ4n) is 4.85. The predicted octanol–water partition coefficient (Wildman–Crippen LogP) is 6.44. The lowest BCUT2D eigenvalue weighted by Crippen LogP contribution is -2.30. The van der Waals surface area contributed by atoms with Crippen LogP contribution in [0.15, 0.2) is 83.5 Å². The van der Waals surface area contributed by atoms with E-state index in [2.05, 4.69) is 73.8 Å². The van der Waals surface area contributed by atoms with E-state index in [1.54, 1.807) is 7.11 Å². The Morgan fingerprint density at radius 2 is 1.68 bits per heavy atom. The first-order chi connectivity index (χ1) is 16.5. The number of halogens is 1. The molecule has 2 atom stereocenters. The van der Waals surface area contributed by atoms with Gasteiger partial charge in [0.05, 0.1) is 36.3 Å². The topological polar surface area (TPSA) is 42.3 Å². The Hall–Kier alpha value is -3.16. The van der Waals surface area contributed by atoms with Gasteiger partial charge in [-0.3, -0.25) is 4.98 Å². The number of benzene rings is 2. The molecule has 1 fully saturated rings. The molecule has 172 valence electrons. The molecule has 5 rings (SSSR count). The molecule has 0 radical (unpaired) electrons. The minimum absolute atomic E-state index is 0.110. The molecule has 0 saturated carbocycles. The van der Waals surface area contributed by atoms with Crippen LogP contribution in [0, 0.1) is 13.8 Å². The number of aryl methyl sites for hydroxylation is 1. The molecule has 7 heteroatoms. The molecular weight excluding hydrogens is 508 g/mol. The Morgan fingerprint density at radius 1 is 0.971 bits per heavy atom. The van der Waals surface area contributed by atoms with E-state index in [1.165, 1.54) is 5.56 Å². The third-order valence-corrected chi connectivity index (χ3v) is 7.31. The molecule has 1 N–H and O–H groups in total. The summed E-state index contributed by atoms with van der Waals surface area (Å²) in [5, 5.41) is 4.20. The number of para-hydroxylation sites is 3. The number of aromatic nitrogens is 2. The first-order valence-corrected chi connectivity index (χ1v) is 12.3. The van der Waals surface area contributed by atoms with Gasteiger partial charge in [0, 0.05) is 22.1 Å². The average Bonchev–Trinajstić information content (AvgIpc) is 3.35. The number of rotatable bonds is 5. The van der Waals surface area contributed by atoms with E-state index in [-0.39, 0.29) is 12.1 Å². The highest BCUT2D eigenvalue weighted by atomic mass is 79.9. The highest BCUT2D eigenvalue weighted by Gasteiger charge is 2.43. The van der Waals surface area contributed by atoms with Gasteiger partial charge in [-0.25, -0.2) is 0 Å². The number of ether oxygens (including phenoxy) is 1. The van der Waals surface area contributed by atoms with Crippen LogP contribution < -0.4 is 15.0 Å². The number of pyridine rings is 1. The fraction of sp³-hybridized carbons (Fsp3) is 0.185. The molecule has 2 aromatic carbocycles. The maximum atomic E-state index is 5.90. The fourth-order valence-corrected chi connectivity index (χ4v) is 5.65. The normalized spacial score (nSPS) is 17.6. The van der Waals surface area contributed by atoms with Crippen molar-refractivity contribution in [3.63, 3.8) is 0 Å². The average molecular weight is 533 g/mol. The maximum Gasteiger partial charge on any atom is 0.174 e. The quantitative estimate of drug-likeness (QED) is 0.299. The molecular formula is C27H25BrN4OS. The Labute approximate surface area is 213 Å². The molecule has 1 aliphatic rings. The summed E-state index contributed by atoms with van der Waals surface area (Å²) in [4.78, 5) is 6.84. The van der Waals surface area contributed by atoms with Crippen molar-refractivity contribution < 1.29 is 4.74 Å². The summed E-state index contributed by atoms with van der Waals surface area (Å²) in [7, 11) is 1.69. The number of hydrogen-bond acceptors (Lipinski definition) is 3. The maximum absolute atomic E-state index is 5.90. The molecule has 34 heavy (non-hydrogen) atoms. The monoisotopic (exact) mass is 532 g/mol. The molecule has 3 heterocycles. The third-order valence-electron chi connectivity index (χ3n) is 6.33. The largest absolute Gasteiger partial charge is 0.495 e. The summed E-state index contributed by atoms with van der Waals surface area (Å²) in [5.41, 5.74) is 6.46. The van der Waals surface area contributed by atoms with Gasteiger partial charge in [-0.2, -0.15) is 0 Å². The summed E-state index contributed by atoms with van der Waals surface area (Å²) in [6.07, 6.45) is 1.83. The van der Waals surface area contributed by atoms with E-state index in [1.807, 2.05) is 54.7 Å². The number of hydrogen-bond donors (Lipinski definition) is 1. The van der Waals surface area contributed by atoms with Crippen LogP contribution in [0.2, 0.25) is 0 Å². The molecule has 1 aliphatic heterocycles. The smallest absolute Gasteiger partial charge is 0.174 e. The van der Waals surface area contributed by atoms with Crippen LogP contribution in [-0.4, -0.2) is 21.8 Å². The lowest BCUT2D eigenvalue weighted by Gasteiger charge is -2.29. The molecule has 2 aromatic heterocycles. The second-order valence-corrected chi connectivity index (χ2v) is 9.52. The second-order valence-electron chi connectivity index (χ2n) is 8.28. The minimum atomic E-state index is -0.119. The molecule has 0 unspecified atom stereocenters.